The molecule has 1 saturated heterocycles. The lowest BCUT2D eigenvalue weighted by molar-refractivity contribution is -0.211. The molecule has 0 bridgehead atoms. The van der Waals surface area contributed by atoms with Crippen LogP contribution in [0.4, 0.5) is 0 Å². The Morgan fingerprint density at radius 1 is 0.667 bits per heavy atom. The third kappa shape index (κ3) is 5.47. The van der Waals surface area contributed by atoms with Crippen molar-refractivity contribution in [3.05, 3.63) is 0 Å². The smallest absolute Gasteiger partial charge is 0.253 e. The third-order valence-corrected chi connectivity index (χ3v) is 5.37. The van der Waals surface area contributed by atoms with Gasteiger partial charge in [0, 0.05) is 33.0 Å². The molecule has 138 valence electrons. The van der Waals surface area contributed by atoms with E-state index in [9.17, 15) is 9.59 Å². The van der Waals surface area contributed by atoms with Gasteiger partial charge in [-0.1, -0.05) is 51.4 Å². The Kier molecular flexibility index (Phi) is 8.03. The molecule has 2 fully saturated rings. The Balaban J connectivity index is 2.23. The van der Waals surface area contributed by atoms with Gasteiger partial charge in [-0.25, -0.2) is 5.01 Å². The van der Waals surface area contributed by atoms with E-state index in [1.165, 1.54) is 44.9 Å². The molecule has 0 aromatic heterocycles. The first kappa shape index (κ1) is 19.2. The molecule has 24 heavy (non-hydrogen) atoms. The molecule has 0 N–H and O–H groups in total. The lowest BCUT2D eigenvalue weighted by Crippen LogP contribution is -2.60. The summed E-state index contributed by atoms with van der Waals surface area (Å²) in [6.45, 7) is 4.71. The lowest BCUT2D eigenvalue weighted by Gasteiger charge is -2.44. The second kappa shape index (κ2) is 10.0. The standard InChI is InChI=1S/C19H35N3O2/c1-17(23)20-15-11-7-8-12-16-21(22(20)18(2)24)19-13-9-5-3-4-6-10-14-19/h19H,3-16H2,1-2H3. The van der Waals surface area contributed by atoms with Crippen LogP contribution in [0.5, 0.6) is 0 Å². The van der Waals surface area contributed by atoms with E-state index in [0.717, 1.165) is 38.6 Å². The Morgan fingerprint density at radius 2 is 1.17 bits per heavy atom. The van der Waals surface area contributed by atoms with Crippen LogP contribution in [0.25, 0.3) is 0 Å². The molecule has 1 heterocycles. The largest absolute Gasteiger partial charge is 0.273 e. The minimum absolute atomic E-state index is 0.0276. The van der Waals surface area contributed by atoms with Crippen molar-refractivity contribution >= 4 is 11.8 Å². The van der Waals surface area contributed by atoms with Crippen molar-refractivity contribution in [2.24, 2.45) is 0 Å². The molecule has 2 amide bonds. The van der Waals surface area contributed by atoms with Gasteiger partial charge in [0.2, 0.25) is 5.91 Å². The number of rotatable bonds is 1. The van der Waals surface area contributed by atoms with E-state index in [1.807, 2.05) is 0 Å². The molecule has 0 aromatic rings. The quantitative estimate of drug-likeness (QED) is 0.729. The fourth-order valence-electron chi connectivity index (χ4n) is 4.11. The van der Waals surface area contributed by atoms with Gasteiger partial charge in [0.25, 0.3) is 5.91 Å². The monoisotopic (exact) mass is 337 g/mol. The summed E-state index contributed by atoms with van der Waals surface area (Å²) < 4.78 is 0. The van der Waals surface area contributed by atoms with E-state index in [4.69, 9.17) is 0 Å². The zero-order valence-electron chi connectivity index (χ0n) is 15.6. The SMILES string of the molecule is CC(=O)N1CCCCCCN(C2CCCCCCCC2)N1C(C)=O. The van der Waals surface area contributed by atoms with Crippen LogP contribution >= 0.6 is 0 Å². The van der Waals surface area contributed by atoms with Gasteiger partial charge < -0.3 is 0 Å². The number of amides is 2. The van der Waals surface area contributed by atoms with Gasteiger partial charge in [-0.2, -0.15) is 10.1 Å². The molecule has 2 rings (SSSR count). The first-order valence-electron chi connectivity index (χ1n) is 9.96. The number of carbonyl (C=O) groups is 2. The first-order chi connectivity index (χ1) is 11.6. The van der Waals surface area contributed by atoms with Crippen LogP contribution in [-0.2, 0) is 9.59 Å². The Morgan fingerprint density at radius 3 is 1.71 bits per heavy atom. The summed E-state index contributed by atoms with van der Waals surface area (Å²) >= 11 is 0. The van der Waals surface area contributed by atoms with Crippen molar-refractivity contribution in [2.75, 3.05) is 13.1 Å². The van der Waals surface area contributed by atoms with Crippen LogP contribution in [0, 0.1) is 0 Å². The number of carbonyl (C=O) groups excluding carboxylic acids is 2. The molecule has 0 unspecified atom stereocenters. The van der Waals surface area contributed by atoms with Crippen molar-refractivity contribution in [1.29, 1.82) is 0 Å². The summed E-state index contributed by atoms with van der Waals surface area (Å²) in [5.41, 5.74) is 0. The molecule has 0 radical (unpaired) electrons. The predicted octanol–water partition coefficient (Wildman–Crippen LogP) is 3.89. The van der Waals surface area contributed by atoms with E-state index in [-0.39, 0.29) is 11.8 Å². The molecule has 5 nitrogen and oxygen atoms in total. The maximum atomic E-state index is 12.5. The van der Waals surface area contributed by atoms with Crippen LogP contribution in [0.1, 0.15) is 90.9 Å². The molecular weight excluding hydrogens is 302 g/mol. The van der Waals surface area contributed by atoms with Gasteiger partial charge in [0.15, 0.2) is 0 Å². The normalized spacial score (nSPS) is 23.4. The minimum Gasteiger partial charge on any atom is -0.273 e. The average Bonchev–Trinajstić information content (AvgIpc) is 2.74. The molecule has 0 aromatic carbocycles. The molecule has 0 atom stereocenters. The average molecular weight is 338 g/mol. The zero-order chi connectivity index (χ0) is 17.4. The van der Waals surface area contributed by atoms with Crippen LogP contribution in [0.15, 0.2) is 0 Å². The third-order valence-electron chi connectivity index (χ3n) is 5.37. The summed E-state index contributed by atoms with van der Waals surface area (Å²) in [5.74, 6) is -0.0628. The van der Waals surface area contributed by atoms with Crippen molar-refractivity contribution in [3.63, 3.8) is 0 Å². The number of nitrogens with zero attached hydrogens (tertiary/aromatic N) is 3. The highest BCUT2D eigenvalue weighted by molar-refractivity contribution is 5.79. The van der Waals surface area contributed by atoms with E-state index in [1.54, 1.807) is 24.0 Å². The van der Waals surface area contributed by atoms with Crippen molar-refractivity contribution in [1.82, 2.24) is 15.1 Å². The summed E-state index contributed by atoms with van der Waals surface area (Å²) in [5, 5.41) is 5.61. The van der Waals surface area contributed by atoms with Crippen LogP contribution < -0.4 is 0 Å². The fourth-order valence-corrected chi connectivity index (χ4v) is 4.11. The summed E-state index contributed by atoms with van der Waals surface area (Å²) in [6.07, 6.45) is 14.4. The van der Waals surface area contributed by atoms with Gasteiger partial charge in [-0.3, -0.25) is 9.59 Å². The predicted molar refractivity (Wildman–Crippen MR) is 95.8 cm³/mol. The Bertz CT molecular complexity index is 403. The molecule has 1 aliphatic carbocycles. The van der Waals surface area contributed by atoms with Gasteiger partial charge in [-0.05, 0) is 25.7 Å². The van der Waals surface area contributed by atoms with Crippen LogP contribution in [0.3, 0.4) is 0 Å². The second-order valence-corrected chi connectivity index (χ2v) is 7.38. The summed E-state index contributed by atoms with van der Waals surface area (Å²) in [6, 6.07) is 0.381. The van der Waals surface area contributed by atoms with E-state index in [2.05, 4.69) is 5.01 Å². The van der Waals surface area contributed by atoms with Crippen molar-refractivity contribution in [2.45, 2.75) is 96.9 Å². The highest BCUT2D eigenvalue weighted by Crippen LogP contribution is 2.25. The molecule has 5 heteroatoms. The molecule has 1 saturated carbocycles. The molecular formula is C19H35N3O2. The van der Waals surface area contributed by atoms with Gasteiger partial charge in [-0.15, -0.1) is 0 Å². The maximum absolute atomic E-state index is 12.5. The minimum atomic E-state index is -0.0352. The lowest BCUT2D eigenvalue weighted by atomic mass is 10.0. The number of hydrazine groups is 2. The van der Waals surface area contributed by atoms with E-state index < -0.39 is 0 Å². The fraction of sp³-hybridized carbons (Fsp3) is 0.895. The van der Waals surface area contributed by atoms with Crippen LogP contribution in [0.2, 0.25) is 0 Å². The van der Waals surface area contributed by atoms with Crippen molar-refractivity contribution in [3.8, 4) is 0 Å². The van der Waals surface area contributed by atoms with Gasteiger partial charge in [0.05, 0.1) is 0 Å². The first-order valence-corrected chi connectivity index (χ1v) is 9.96. The zero-order valence-corrected chi connectivity index (χ0v) is 15.6. The summed E-state index contributed by atoms with van der Waals surface area (Å²) in [7, 11) is 0. The molecule has 0 spiro atoms. The van der Waals surface area contributed by atoms with Gasteiger partial charge >= 0.3 is 0 Å². The van der Waals surface area contributed by atoms with Crippen molar-refractivity contribution < 1.29 is 9.59 Å². The Hall–Kier alpha value is -1.10. The van der Waals surface area contributed by atoms with Crippen LogP contribution in [-0.4, -0.2) is 46.1 Å². The number of hydrogen-bond donors (Lipinski definition) is 0. The van der Waals surface area contributed by atoms with E-state index in [0.29, 0.717) is 12.6 Å². The molecule has 1 aliphatic heterocycles. The molecule has 2 aliphatic rings. The highest BCUT2D eigenvalue weighted by atomic mass is 16.2. The second-order valence-electron chi connectivity index (χ2n) is 7.38. The van der Waals surface area contributed by atoms with Gasteiger partial charge in [0.1, 0.15) is 0 Å². The van der Waals surface area contributed by atoms with E-state index >= 15 is 0 Å². The maximum Gasteiger partial charge on any atom is 0.253 e. The Labute approximate surface area is 147 Å². The summed E-state index contributed by atoms with van der Waals surface area (Å²) in [4.78, 5) is 24.7. The number of hydrogen-bond acceptors (Lipinski definition) is 3. The topological polar surface area (TPSA) is 43.9 Å². The highest BCUT2D eigenvalue weighted by Gasteiger charge is 2.32.